The Morgan fingerprint density at radius 2 is 2.12 bits per heavy atom. The minimum atomic E-state index is -0.535. The summed E-state index contributed by atoms with van der Waals surface area (Å²) in [5, 5.41) is 15.8. The molecule has 0 saturated carbocycles. The summed E-state index contributed by atoms with van der Waals surface area (Å²) in [5.41, 5.74) is 4.25. The SMILES string of the molecule is O=[N+]([O-])/C(=N\Nc1ccccc1)C1=NCCN1Cc1ccc(Cl)nc1. The number of hydrogen-bond acceptors (Lipinski definition) is 7. The third kappa shape index (κ3) is 4.30. The van der Waals surface area contributed by atoms with Crippen molar-refractivity contribution in [3.63, 3.8) is 0 Å². The second-order valence-electron chi connectivity index (χ2n) is 5.29. The molecule has 3 rings (SSSR count). The molecule has 0 aliphatic carbocycles. The summed E-state index contributed by atoms with van der Waals surface area (Å²) < 4.78 is 0. The first-order valence-corrected chi connectivity index (χ1v) is 7.94. The van der Waals surface area contributed by atoms with Gasteiger partial charge >= 0.3 is 5.84 Å². The van der Waals surface area contributed by atoms with Gasteiger partial charge in [-0.15, -0.1) is 0 Å². The van der Waals surface area contributed by atoms with Gasteiger partial charge in [-0.1, -0.05) is 35.9 Å². The number of hydrazone groups is 1. The first-order valence-electron chi connectivity index (χ1n) is 7.57. The number of anilines is 1. The zero-order chi connectivity index (χ0) is 17.6. The van der Waals surface area contributed by atoms with Crippen LogP contribution in [0.3, 0.4) is 0 Å². The molecule has 0 spiro atoms. The van der Waals surface area contributed by atoms with E-state index in [1.165, 1.54) is 0 Å². The standard InChI is InChI=1S/C16H15ClN6O2/c17-14-7-6-12(10-19-14)11-22-9-8-18-15(22)16(23(24)25)21-20-13-4-2-1-3-5-13/h1-7,10,20H,8-9,11H2/b21-16-. The van der Waals surface area contributed by atoms with E-state index < -0.39 is 4.92 Å². The van der Waals surface area contributed by atoms with Crippen molar-refractivity contribution in [3.05, 3.63) is 69.5 Å². The van der Waals surface area contributed by atoms with Crippen molar-refractivity contribution in [2.45, 2.75) is 6.54 Å². The van der Waals surface area contributed by atoms with Crippen LogP contribution in [0.5, 0.6) is 0 Å². The van der Waals surface area contributed by atoms with Gasteiger partial charge in [0.25, 0.3) is 0 Å². The van der Waals surface area contributed by atoms with Crippen LogP contribution in [0.25, 0.3) is 0 Å². The normalized spacial score (nSPS) is 14.4. The molecule has 1 N–H and O–H groups in total. The van der Waals surface area contributed by atoms with Crippen LogP contribution in [0.1, 0.15) is 5.56 Å². The van der Waals surface area contributed by atoms with Crippen molar-refractivity contribution >= 4 is 29.0 Å². The molecule has 8 nitrogen and oxygen atoms in total. The first kappa shape index (κ1) is 16.8. The number of nitrogens with zero attached hydrogens (tertiary/aromatic N) is 5. The van der Waals surface area contributed by atoms with Gasteiger partial charge in [-0.2, -0.15) is 5.43 Å². The van der Waals surface area contributed by atoms with Crippen LogP contribution >= 0.6 is 11.6 Å². The minimum Gasteiger partial charge on any atom is -0.358 e. The molecule has 1 aromatic heterocycles. The molecule has 0 amide bonds. The van der Waals surface area contributed by atoms with Gasteiger partial charge in [-0.3, -0.25) is 4.99 Å². The molecule has 0 unspecified atom stereocenters. The van der Waals surface area contributed by atoms with Crippen LogP contribution in [0.4, 0.5) is 5.69 Å². The summed E-state index contributed by atoms with van der Waals surface area (Å²) in [6.45, 7) is 1.51. The quantitative estimate of drug-likeness (QED) is 0.291. The Balaban J connectivity index is 1.77. The molecule has 2 aromatic rings. The lowest BCUT2D eigenvalue weighted by atomic mass is 10.2. The second kappa shape index (κ2) is 7.71. The number of rotatable bonds is 5. The lowest BCUT2D eigenvalue weighted by Crippen LogP contribution is -2.37. The maximum atomic E-state index is 11.4. The molecule has 9 heteroatoms. The minimum absolute atomic E-state index is 0.253. The Bertz CT molecular complexity index is 807. The van der Waals surface area contributed by atoms with Crippen molar-refractivity contribution in [3.8, 4) is 0 Å². The fourth-order valence-corrected chi connectivity index (χ4v) is 2.48. The molecular formula is C16H15ClN6O2. The number of aliphatic imine (C=N–C) groups is 1. The zero-order valence-corrected chi connectivity index (χ0v) is 13.9. The second-order valence-corrected chi connectivity index (χ2v) is 5.67. The van der Waals surface area contributed by atoms with Crippen LogP contribution in [-0.4, -0.2) is 39.6 Å². The average molecular weight is 359 g/mol. The molecule has 0 atom stereocenters. The summed E-state index contributed by atoms with van der Waals surface area (Å²) in [6, 6.07) is 12.5. The maximum Gasteiger partial charge on any atom is 0.430 e. The molecule has 0 radical (unpaired) electrons. The number of halogens is 1. The summed E-state index contributed by atoms with van der Waals surface area (Å²) in [5.74, 6) is -0.0633. The van der Waals surface area contributed by atoms with E-state index >= 15 is 0 Å². The highest BCUT2D eigenvalue weighted by Gasteiger charge is 2.31. The van der Waals surface area contributed by atoms with Crippen LogP contribution < -0.4 is 5.43 Å². The van der Waals surface area contributed by atoms with E-state index in [9.17, 15) is 10.1 Å². The molecule has 1 aliphatic rings. The fraction of sp³-hybridized carbons (Fsp3) is 0.188. The largest absolute Gasteiger partial charge is 0.430 e. The van der Waals surface area contributed by atoms with E-state index in [0.717, 1.165) is 5.56 Å². The Hall–Kier alpha value is -3.00. The molecule has 25 heavy (non-hydrogen) atoms. The van der Waals surface area contributed by atoms with Crippen molar-refractivity contribution in [1.82, 2.24) is 9.88 Å². The lowest BCUT2D eigenvalue weighted by molar-refractivity contribution is -0.346. The van der Waals surface area contributed by atoms with Crippen LogP contribution in [-0.2, 0) is 6.54 Å². The molecular weight excluding hydrogens is 344 g/mol. The van der Waals surface area contributed by atoms with E-state index in [1.54, 1.807) is 29.3 Å². The first-order chi connectivity index (χ1) is 12.1. The number of nitro groups is 1. The summed E-state index contributed by atoms with van der Waals surface area (Å²) >= 11 is 5.78. The maximum absolute atomic E-state index is 11.4. The molecule has 0 bridgehead atoms. The Kier molecular flexibility index (Phi) is 5.20. The van der Waals surface area contributed by atoms with Gasteiger partial charge in [0.05, 0.1) is 17.3 Å². The van der Waals surface area contributed by atoms with Crippen molar-refractivity contribution in [2.24, 2.45) is 10.1 Å². The Labute approximate surface area is 149 Å². The highest BCUT2D eigenvalue weighted by molar-refractivity contribution is 6.37. The van der Waals surface area contributed by atoms with Crippen molar-refractivity contribution in [2.75, 3.05) is 18.5 Å². The van der Waals surface area contributed by atoms with Gasteiger partial charge in [-0.25, -0.2) is 4.98 Å². The van der Waals surface area contributed by atoms with Gasteiger partial charge in [0.1, 0.15) is 5.15 Å². The van der Waals surface area contributed by atoms with Crippen LogP contribution in [0, 0.1) is 10.1 Å². The highest BCUT2D eigenvalue weighted by atomic mass is 35.5. The number of nitrogens with one attached hydrogen (secondary N) is 1. The topological polar surface area (TPSA) is 96.0 Å². The lowest BCUT2D eigenvalue weighted by Gasteiger charge is -2.18. The highest BCUT2D eigenvalue weighted by Crippen LogP contribution is 2.13. The number of aromatic nitrogens is 1. The number of pyridine rings is 1. The van der Waals surface area contributed by atoms with E-state index in [-0.39, 0.29) is 11.7 Å². The van der Waals surface area contributed by atoms with E-state index in [1.807, 2.05) is 24.3 Å². The third-order valence-electron chi connectivity index (χ3n) is 3.53. The molecule has 0 saturated heterocycles. The van der Waals surface area contributed by atoms with Gasteiger partial charge in [0, 0.05) is 19.3 Å². The molecule has 1 aromatic carbocycles. The summed E-state index contributed by atoms with van der Waals surface area (Å²) in [4.78, 5) is 21.0. The summed E-state index contributed by atoms with van der Waals surface area (Å²) in [7, 11) is 0. The smallest absolute Gasteiger partial charge is 0.358 e. The Morgan fingerprint density at radius 3 is 2.80 bits per heavy atom. The molecule has 1 aliphatic heterocycles. The molecule has 128 valence electrons. The van der Waals surface area contributed by atoms with Crippen molar-refractivity contribution in [1.29, 1.82) is 0 Å². The fourth-order valence-electron chi connectivity index (χ4n) is 2.37. The summed E-state index contributed by atoms with van der Waals surface area (Å²) in [6.07, 6.45) is 1.64. The number of para-hydroxylation sites is 1. The van der Waals surface area contributed by atoms with Crippen LogP contribution in [0.15, 0.2) is 58.8 Å². The predicted octanol–water partition coefficient (Wildman–Crippen LogP) is 2.65. The van der Waals surface area contributed by atoms with Gasteiger partial charge < -0.3 is 15.0 Å². The van der Waals surface area contributed by atoms with E-state index in [2.05, 4.69) is 20.5 Å². The number of amidine groups is 2. The van der Waals surface area contributed by atoms with E-state index in [4.69, 9.17) is 11.6 Å². The number of benzene rings is 1. The van der Waals surface area contributed by atoms with Crippen molar-refractivity contribution < 1.29 is 4.92 Å². The predicted molar refractivity (Wildman–Crippen MR) is 96.5 cm³/mol. The monoisotopic (exact) mass is 358 g/mol. The number of hydrogen-bond donors (Lipinski definition) is 1. The van der Waals surface area contributed by atoms with Crippen LogP contribution in [0.2, 0.25) is 5.15 Å². The van der Waals surface area contributed by atoms with Gasteiger partial charge in [0.2, 0.25) is 5.84 Å². The Morgan fingerprint density at radius 1 is 1.32 bits per heavy atom. The van der Waals surface area contributed by atoms with Gasteiger partial charge in [0.15, 0.2) is 0 Å². The molecule has 2 heterocycles. The van der Waals surface area contributed by atoms with Gasteiger partial charge in [-0.05, 0) is 28.7 Å². The van der Waals surface area contributed by atoms with E-state index in [0.29, 0.717) is 30.5 Å². The third-order valence-corrected chi connectivity index (χ3v) is 3.75. The average Bonchev–Trinajstić information content (AvgIpc) is 3.06. The zero-order valence-electron chi connectivity index (χ0n) is 13.2. The molecule has 0 fully saturated rings.